The summed E-state index contributed by atoms with van der Waals surface area (Å²) in [5, 5.41) is 7.42. The van der Waals surface area contributed by atoms with Crippen molar-refractivity contribution in [3.8, 4) is 0 Å². The second-order valence-electron chi connectivity index (χ2n) is 3.86. The van der Waals surface area contributed by atoms with Crippen molar-refractivity contribution in [2.24, 2.45) is 0 Å². The van der Waals surface area contributed by atoms with Crippen LogP contribution in [0, 0.1) is 0 Å². The molecule has 1 heterocycles. The molecule has 4 amide bonds. The maximum Gasteiger partial charge on any atom is 0.321 e. The molecule has 0 atom stereocenters. The Bertz CT molecular complexity index is 306. The van der Waals surface area contributed by atoms with Gasteiger partial charge in [-0.25, -0.2) is 4.79 Å². The number of amides is 4. The van der Waals surface area contributed by atoms with Crippen LogP contribution in [0.25, 0.3) is 0 Å². The topological polar surface area (TPSA) is 90.5 Å². The summed E-state index contributed by atoms with van der Waals surface area (Å²) in [4.78, 5) is 35.4. The quantitative estimate of drug-likeness (QED) is 0.569. The summed E-state index contributed by atoms with van der Waals surface area (Å²) in [5.41, 5.74) is 0. The molecule has 0 radical (unpaired) electrons. The SMILES string of the molecule is CCCNC(=O)NC(=O)CN1CCNC(=O)C1. The molecule has 1 aliphatic heterocycles. The third kappa shape index (κ3) is 5.30. The fraction of sp³-hybridized carbons (Fsp3) is 0.700. The van der Waals surface area contributed by atoms with Gasteiger partial charge in [-0.2, -0.15) is 0 Å². The highest BCUT2D eigenvalue weighted by atomic mass is 16.2. The first kappa shape index (κ1) is 13.4. The number of carbonyl (C=O) groups is 3. The lowest BCUT2D eigenvalue weighted by atomic mass is 10.3. The fourth-order valence-corrected chi connectivity index (χ4v) is 1.48. The normalized spacial score (nSPS) is 16.2. The number of rotatable bonds is 4. The monoisotopic (exact) mass is 242 g/mol. The van der Waals surface area contributed by atoms with Gasteiger partial charge in [0.15, 0.2) is 0 Å². The van der Waals surface area contributed by atoms with Crippen molar-refractivity contribution < 1.29 is 14.4 Å². The molecule has 7 nitrogen and oxygen atoms in total. The number of piperazine rings is 1. The van der Waals surface area contributed by atoms with Crippen LogP contribution in [-0.4, -0.2) is 55.5 Å². The minimum atomic E-state index is -0.488. The van der Waals surface area contributed by atoms with Gasteiger partial charge >= 0.3 is 6.03 Å². The van der Waals surface area contributed by atoms with E-state index in [0.717, 1.165) is 6.42 Å². The van der Waals surface area contributed by atoms with E-state index < -0.39 is 11.9 Å². The van der Waals surface area contributed by atoms with Crippen LogP contribution in [0.2, 0.25) is 0 Å². The number of nitrogens with zero attached hydrogens (tertiary/aromatic N) is 1. The molecule has 1 aliphatic rings. The highest BCUT2D eigenvalue weighted by Crippen LogP contribution is 1.92. The average Bonchev–Trinajstić information content (AvgIpc) is 2.26. The predicted octanol–water partition coefficient (Wildman–Crippen LogP) is -1.35. The van der Waals surface area contributed by atoms with Crippen molar-refractivity contribution in [2.75, 3.05) is 32.7 Å². The van der Waals surface area contributed by atoms with E-state index in [9.17, 15) is 14.4 Å². The molecule has 3 N–H and O–H groups in total. The van der Waals surface area contributed by atoms with E-state index in [2.05, 4.69) is 16.0 Å². The number of carbonyl (C=O) groups excluding carboxylic acids is 3. The van der Waals surface area contributed by atoms with Crippen LogP contribution in [0.1, 0.15) is 13.3 Å². The zero-order valence-electron chi connectivity index (χ0n) is 9.91. The highest BCUT2D eigenvalue weighted by molar-refractivity contribution is 5.95. The average molecular weight is 242 g/mol. The van der Waals surface area contributed by atoms with Gasteiger partial charge in [0.05, 0.1) is 13.1 Å². The highest BCUT2D eigenvalue weighted by Gasteiger charge is 2.19. The van der Waals surface area contributed by atoms with Gasteiger partial charge < -0.3 is 10.6 Å². The molecule has 0 aromatic carbocycles. The Kier molecular flexibility index (Phi) is 5.41. The molecule has 96 valence electrons. The van der Waals surface area contributed by atoms with Crippen LogP contribution in [0.4, 0.5) is 4.79 Å². The minimum Gasteiger partial charge on any atom is -0.354 e. The van der Waals surface area contributed by atoms with Gasteiger partial charge in [-0.05, 0) is 6.42 Å². The van der Waals surface area contributed by atoms with E-state index in [1.165, 1.54) is 0 Å². The zero-order chi connectivity index (χ0) is 12.7. The van der Waals surface area contributed by atoms with Crippen molar-refractivity contribution in [2.45, 2.75) is 13.3 Å². The standard InChI is InChI=1S/C10H18N4O3/c1-2-3-12-10(17)13-9(16)7-14-5-4-11-8(15)6-14/h2-7H2,1H3,(H,11,15)(H2,12,13,16,17). The Balaban J connectivity index is 2.24. The van der Waals surface area contributed by atoms with Crippen LogP contribution in [0.15, 0.2) is 0 Å². The van der Waals surface area contributed by atoms with Crippen molar-refractivity contribution in [1.82, 2.24) is 20.9 Å². The van der Waals surface area contributed by atoms with E-state index >= 15 is 0 Å². The Labute approximate surface area is 99.9 Å². The summed E-state index contributed by atoms with van der Waals surface area (Å²) < 4.78 is 0. The van der Waals surface area contributed by atoms with Crippen molar-refractivity contribution in [1.29, 1.82) is 0 Å². The molecule has 0 bridgehead atoms. The number of imide groups is 1. The first-order valence-corrected chi connectivity index (χ1v) is 5.68. The van der Waals surface area contributed by atoms with Gasteiger partial charge in [-0.15, -0.1) is 0 Å². The number of hydrogen-bond acceptors (Lipinski definition) is 4. The van der Waals surface area contributed by atoms with E-state index in [0.29, 0.717) is 19.6 Å². The number of nitrogens with one attached hydrogen (secondary N) is 3. The van der Waals surface area contributed by atoms with Crippen LogP contribution >= 0.6 is 0 Å². The summed E-state index contributed by atoms with van der Waals surface area (Å²) in [6, 6.07) is -0.488. The van der Waals surface area contributed by atoms with Crippen molar-refractivity contribution >= 4 is 17.8 Å². The van der Waals surface area contributed by atoms with Gasteiger partial charge in [-0.3, -0.25) is 19.8 Å². The first-order valence-electron chi connectivity index (χ1n) is 5.68. The molecule has 0 spiro atoms. The molecule has 17 heavy (non-hydrogen) atoms. The first-order chi connectivity index (χ1) is 8.11. The molecule has 0 aromatic rings. The molecular formula is C10H18N4O3. The van der Waals surface area contributed by atoms with E-state index in [-0.39, 0.29) is 19.0 Å². The molecule has 0 saturated carbocycles. The molecular weight excluding hydrogens is 224 g/mol. The lowest BCUT2D eigenvalue weighted by Crippen LogP contribution is -2.52. The Morgan fingerprint density at radius 3 is 2.88 bits per heavy atom. The van der Waals surface area contributed by atoms with Gasteiger partial charge in [0, 0.05) is 19.6 Å². The maximum absolute atomic E-state index is 11.4. The van der Waals surface area contributed by atoms with E-state index in [1.54, 1.807) is 4.90 Å². The van der Waals surface area contributed by atoms with Gasteiger partial charge in [0.25, 0.3) is 0 Å². The number of urea groups is 1. The lowest BCUT2D eigenvalue weighted by Gasteiger charge is -2.25. The minimum absolute atomic E-state index is 0.0625. The second-order valence-corrected chi connectivity index (χ2v) is 3.86. The molecule has 7 heteroatoms. The lowest BCUT2D eigenvalue weighted by molar-refractivity contribution is -0.126. The Morgan fingerprint density at radius 1 is 1.47 bits per heavy atom. The Morgan fingerprint density at radius 2 is 2.24 bits per heavy atom. The second kappa shape index (κ2) is 6.85. The molecule has 1 rings (SSSR count). The fourth-order valence-electron chi connectivity index (χ4n) is 1.48. The van der Waals surface area contributed by atoms with Crippen LogP contribution in [0.3, 0.4) is 0 Å². The summed E-state index contributed by atoms with van der Waals surface area (Å²) >= 11 is 0. The van der Waals surface area contributed by atoms with E-state index in [1.807, 2.05) is 6.92 Å². The maximum atomic E-state index is 11.4. The summed E-state index contributed by atoms with van der Waals surface area (Å²) in [5.74, 6) is -0.493. The largest absolute Gasteiger partial charge is 0.354 e. The summed E-state index contributed by atoms with van der Waals surface area (Å²) in [7, 11) is 0. The molecule has 0 unspecified atom stereocenters. The smallest absolute Gasteiger partial charge is 0.321 e. The van der Waals surface area contributed by atoms with Crippen LogP contribution in [0.5, 0.6) is 0 Å². The van der Waals surface area contributed by atoms with Gasteiger partial charge in [-0.1, -0.05) is 6.92 Å². The summed E-state index contributed by atoms with van der Waals surface area (Å²) in [6.45, 7) is 3.88. The molecule has 1 fully saturated rings. The summed E-state index contributed by atoms with van der Waals surface area (Å²) in [6.07, 6.45) is 0.813. The molecule has 0 aliphatic carbocycles. The zero-order valence-corrected chi connectivity index (χ0v) is 9.91. The molecule has 0 aromatic heterocycles. The van der Waals surface area contributed by atoms with Gasteiger partial charge in [0.1, 0.15) is 0 Å². The van der Waals surface area contributed by atoms with Crippen LogP contribution in [-0.2, 0) is 9.59 Å². The predicted molar refractivity (Wildman–Crippen MR) is 61.3 cm³/mol. The number of hydrogen-bond donors (Lipinski definition) is 3. The van der Waals surface area contributed by atoms with E-state index in [4.69, 9.17) is 0 Å². The van der Waals surface area contributed by atoms with Crippen molar-refractivity contribution in [3.63, 3.8) is 0 Å². The van der Waals surface area contributed by atoms with Gasteiger partial charge in [0.2, 0.25) is 11.8 Å². The molecule has 1 saturated heterocycles. The third-order valence-corrected chi connectivity index (χ3v) is 2.27. The van der Waals surface area contributed by atoms with Crippen molar-refractivity contribution in [3.05, 3.63) is 0 Å². The van der Waals surface area contributed by atoms with Crippen LogP contribution < -0.4 is 16.0 Å². The Hall–Kier alpha value is -1.63. The third-order valence-electron chi connectivity index (χ3n) is 2.27.